The minimum atomic E-state index is -0.722. The molecule has 0 saturated carbocycles. The molecule has 3 aromatic rings. The third kappa shape index (κ3) is 4.01. The van der Waals surface area contributed by atoms with Gasteiger partial charge in [-0.05, 0) is 38.0 Å². The molecule has 0 bridgehead atoms. The van der Waals surface area contributed by atoms with Crippen LogP contribution in [-0.2, 0) is 9.53 Å². The summed E-state index contributed by atoms with van der Waals surface area (Å²) in [4.78, 5) is 26.5. The number of thiazole rings is 1. The molecule has 0 radical (unpaired) electrons. The molecule has 4 rings (SSSR count). The van der Waals surface area contributed by atoms with E-state index in [1.807, 2.05) is 62.4 Å². The average molecular weight is 458 g/mol. The summed E-state index contributed by atoms with van der Waals surface area (Å²) in [6.45, 7) is 5.83. The third-order valence-corrected chi connectivity index (χ3v) is 6.66. The maximum atomic E-state index is 13.3. The van der Waals surface area contributed by atoms with Crippen LogP contribution in [-0.4, -0.2) is 17.1 Å². The molecule has 1 unspecified atom stereocenters. The van der Waals surface area contributed by atoms with Gasteiger partial charge >= 0.3 is 5.97 Å². The molecule has 1 aromatic heterocycles. The van der Waals surface area contributed by atoms with Gasteiger partial charge < -0.3 is 10.5 Å². The van der Waals surface area contributed by atoms with Gasteiger partial charge in [-0.15, -0.1) is 11.3 Å². The molecule has 2 aromatic carbocycles. The van der Waals surface area contributed by atoms with E-state index in [0.717, 1.165) is 22.3 Å². The number of carbonyl (C=O) groups is 1. The lowest BCUT2D eigenvalue weighted by Gasteiger charge is -2.24. The minimum Gasteiger partial charge on any atom is -0.463 e. The largest absolute Gasteiger partial charge is 0.463 e. The lowest BCUT2D eigenvalue weighted by molar-refractivity contribution is -0.136. The minimum absolute atomic E-state index is 0.0379. The van der Waals surface area contributed by atoms with Crippen molar-refractivity contribution < 1.29 is 9.53 Å². The van der Waals surface area contributed by atoms with E-state index in [1.165, 1.54) is 15.9 Å². The van der Waals surface area contributed by atoms with Crippen LogP contribution in [0.3, 0.4) is 0 Å². The standard InChI is InChI=1S/C26H23N3O3S/c1-4-32-26(31)22-21(18-11-7-16(3)8-12-18)19(14-27)23(28)29-24(30)20(33-25(22)29)13-17-9-5-15(2)6-10-17/h5-13,21H,4,28H2,1-3H3/b20-13-. The molecule has 1 aliphatic heterocycles. The Bertz CT molecular complexity index is 1480. The Kier molecular flexibility index (Phi) is 6.03. The Balaban J connectivity index is 2.08. The maximum Gasteiger partial charge on any atom is 0.338 e. The average Bonchev–Trinajstić information content (AvgIpc) is 3.11. The number of aryl methyl sites for hydroxylation is 2. The molecule has 33 heavy (non-hydrogen) atoms. The number of nitrogens with zero attached hydrogens (tertiary/aromatic N) is 2. The van der Waals surface area contributed by atoms with Crippen LogP contribution in [0.15, 0.2) is 58.9 Å². The van der Waals surface area contributed by atoms with Gasteiger partial charge in [0, 0.05) is 0 Å². The highest BCUT2D eigenvalue weighted by Crippen LogP contribution is 2.36. The second kappa shape index (κ2) is 8.93. The van der Waals surface area contributed by atoms with E-state index in [1.54, 1.807) is 13.0 Å². The number of benzene rings is 2. The smallest absolute Gasteiger partial charge is 0.338 e. The molecule has 0 fully saturated rings. The zero-order chi connectivity index (χ0) is 23.7. The van der Waals surface area contributed by atoms with Crippen molar-refractivity contribution in [2.75, 3.05) is 6.61 Å². The molecule has 0 amide bonds. The second-order valence-corrected chi connectivity index (χ2v) is 8.89. The summed E-state index contributed by atoms with van der Waals surface area (Å²) < 4.78 is 7.42. The predicted octanol–water partition coefficient (Wildman–Crippen LogP) is 2.52. The number of nitriles is 1. The Labute approximate surface area is 195 Å². The summed E-state index contributed by atoms with van der Waals surface area (Å²) in [6, 6.07) is 17.5. The fourth-order valence-corrected chi connectivity index (χ4v) is 5.03. The van der Waals surface area contributed by atoms with Gasteiger partial charge in [-0.25, -0.2) is 4.79 Å². The van der Waals surface area contributed by atoms with Gasteiger partial charge in [-0.1, -0.05) is 59.7 Å². The predicted molar refractivity (Wildman–Crippen MR) is 130 cm³/mol. The summed E-state index contributed by atoms with van der Waals surface area (Å²) in [5.74, 6) is -1.25. The van der Waals surface area contributed by atoms with Crippen molar-refractivity contribution in [2.45, 2.75) is 26.7 Å². The van der Waals surface area contributed by atoms with Gasteiger partial charge in [0.1, 0.15) is 10.5 Å². The quantitative estimate of drug-likeness (QED) is 0.607. The number of hydrogen-bond donors (Lipinski definition) is 1. The molecule has 2 N–H and O–H groups in total. The van der Waals surface area contributed by atoms with Crippen LogP contribution < -0.4 is 20.5 Å². The molecule has 0 saturated heterocycles. The number of rotatable bonds is 4. The number of ether oxygens (including phenoxy) is 1. The molecule has 1 aliphatic rings. The lowest BCUT2D eigenvalue weighted by atomic mass is 9.83. The third-order valence-electron chi connectivity index (χ3n) is 5.55. The molecule has 1 atom stereocenters. The van der Waals surface area contributed by atoms with Crippen molar-refractivity contribution in [3.05, 3.63) is 95.9 Å². The van der Waals surface area contributed by atoms with Crippen molar-refractivity contribution in [3.8, 4) is 6.07 Å². The summed E-state index contributed by atoms with van der Waals surface area (Å²) in [6.07, 6.45) is 1.76. The van der Waals surface area contributed by atoms with E-state index in [4.69, 9.17) is 10.5 Å². The van der Waals surface area contributed by atoms with Gasteiger partial charge in [-0.2, -0.15) is 5.26 Å². The normalized spacial score (nSPS) is 15.9. The van der Waals surface area contributed by atoms with E-state index in [0.29, 0.717) is 9.20 Å². The van der Waals surface area contributed by atoms with Crippen molar-refractivity contribution in [2.24, 2.45) is 5.73 Å². The van der Waals surface area contributed by atoms with Crippen LogP contribution in [0.25, 0.3) is 17.5 Å². The Morgan fingerprint density at radius 2 is 1.76 bits per heavy atom. The van der Waals surface area contributed by atoms with E-state index < -0.39 is 11.9 Å². The van der Waals surface area contributed by atoms with Gasteiger partial charge in [0.25, 0.3) is 5.56 Å². The molecule has 0 spiro atoms. The summed E-state index contributed by atoms with van der Waals surface area (Å²) >= 11 is 1.17. The first-order valence-electron chi connectivity index (χ1n) is 10.5. The van der Waals surface area contributed by atoms with Crippen molar-refractivity contribution in [1.82, 2.24) is 4.57 Å². The van der Waals surface area contributed by atoms with Gasteiger partial charge in [0.2, 0.25) is 0 Å². The second-order valence-electron chi connectivity index (χ2n) is 7.86. The van der Waals surface area contributed by atoms with Crippen LogP contribution in [0.1, 0.15) is 35.1 Å². The summed E-state index contributed by atoms with van der Waals surface area (Å²) in [5, 5.41) is 9.99. The molecular formula is C26H23N3O3S. The van der Waals surface area contributed by atoms with Gasteiger partial charge in [0.05, 0.1) is 34.3 Å². The number of carbonyl (C=O) groups excluding carboxylic acids is 1. The SMILES string of the molecule is CCOC(=O)C1=c2s/c(=C\c3ccc(C)cc3)c(=O)n2C(N)=C(C#N)C1c1ccc(C)cc1. The van der Waals surface area contributed by atoms with Gasteiger partial charge in [-0.3, -0.25) is 9.36 Å². The Hall–Kier alpha value is -3.89. The fraction of sp³-hybridized carbons (Fsp3) is 0.192. The molecular weight excluding hydrogens is 434 g/mol. The lowest BCUT2D eigenvalue weighted by Crippen LogP contribution is -2.40. The number of allylic oxidation sites excluding steroid dienone is 1. The maximum absolute atomic E-state index is 13.3. The number of fused-ring (bicyclic) bond motifs is 1. The Morgan fingerprint density at radius 1 is 1.15 bits per heavy atom. The highest BCUT2D eigenvalue weighted by molar-refractivity contribution is 7.07. The summed E-state index contributed by atoms with van der Waals surface area (Å²) in [5.41, 5.74) is 10.1. The molecule has 2 heterocycles. The number of aromatic nitrogens is 1. The van der Waals surface area contributed by atoms with E-state index in [-0.39, 0.29) is 29.1 Å². The van der Waals surface area contributed by atoms with Crippen LogP contribution in [0, 0.1) is 25.2 Å². The van der Waals surface area contributed by atoms with Crippen molar-refractivity contribution in [3.63, 3.8) is 0 Å². The van der Waals surface area contributed by atoms with Crippen molar-refractivity contribution in [1.29, 1.82) is 5.26 Å². The molecule has 166 valence electrons. The first-order valence-corrected chi connectivity index (χ1v) is 11.4. The Morgan fingerprint density at radius 3 is 2.33 bits per heavy atom. The zero-order valence-electron chi connectivity index (χ0n) is 18.6. The topological polar surface area (TPSA) is 98.1 Å². The highest BCUT2D eigenvalue weighted by atomic mass is 32.1. The first-order chi connectivity index (χ1) is 15.8. The van der Waals surface area contributed by atoms with Crippen LogP contribution in [0.4, 0.5) is 0 Å². The first kappa shape index (κ1) is 22.3. The fourth-order valence-electron chi connectivity index (χ4n) is 3.86. The van der Waals surface area contributed by atoms with Crippen LogP contribution in [0.5, 0.6) is 0 Å². The van der Waals surface area contributed by atoms with E-state index in [2.05, 4.69) is 6.07 Å². The highest BCUT2D eigenvalue weighted by Gasteiger charge is 2.36. The zero-order valence-corrected chi connectivity index (χ0v) is 19.4. The van der Waals surface area contributed by atoms with E-state index >= 15 is 0 Å². The molecule has 7 heteroatoms. The number of hydrogen-bond acceptors (Lipinski definition) is 6. The van der Waals surface area contributed by atoms with E-state index in [9.17, 15) is 14.9 Å². The van der Waals surface area contributed by atoms with Crippen LogP contribution >= 0.6 is 11.3 Å². The van der Waals surface area contributed by atoms with Gasteiger partial charge in [0.15, 0.2) is 0 Å². The van der Waals surface area contributed by atoms with Crippen molar-refractivity contribution >= 4 is 34.8 Å². The van der Waals surface area contributed by atoms with Crippen LogP contribution in [0.2, 0.25) is 0 Å². The number of esters is 1. The number of nitrogens with two attached hydrogens (primary N) is 1. The molecule has 6 nitrogen and oxygen atoms in total. The monoisotopic (exact) mass is 457 g/mol. The molecule has 0 aliphatic carbocycles. The summed E-state index contributed by atoms with van der Waals surface area (Å²) in [7, 11) is 0.